The fourth-order valence-corrected chi connectivity index (χ4v) is 7.75. The molecule has 1 saturated heterocycles. The number of halogens is 1. The zero-order chi connectivity index (χ0) is 36.1. The molecule has 51 heavy (non-hydrogen) atoms. The zero-order valence-electron chi connectivity index (χ0n) is 28.5. The average molecular weight is 801 g/mol. The molecule has 4 atom stereocenters. The van der Waals surface area contributed by atoms with E-state index in [-0.39, 0.29) is 30.6 Å². The van der Waals surface area contributed by atoms with Gasteiger partial charge in [-0.15, -0.1) is 0 Å². The first-order valence-electron chi connectivity index (χ1n) is 16.9. The lowest BCUT2D eigenvalue weighted by atomic mass is 9.68. The van der Waals surface area contributed by atoms with Crippen molar-refractivity contribution in [3.63, 3.8) is 0 Å². The number of rotatable bonds is 13. The van der Waals surface area contributed by atoms with Crippen molar-refractivity contribution in [2.24, 2.45) is 17.8 Å². The van der Waals surface area contributed by atoms with Gasteiger partial charge in [-0.3, -0.25) is 14.5 Å². The lowest BCUT2D eigenvalue weighted by Gasteiger charge is -2.36. The van der Waals surface area contributed by atoms with Crippen LogP contribution in [0.2, 0.25) is 0 Å². The van der Waals surface area contributed by atoms with Crippen molar-refractivity contribution in [3.05, 3.63) is 123 Å². The third-order valence-electron chi connectivity index (χ3n) is 9.58. The van der Waals surface area contributed by atoms with Crippen molar-refractivity contribution < 1.29 is 34.4 Å². The van der Waals surface area contributed by atoms with Crippen LogP contribution in [-0.4, -0.2) is 53.6 Å². The van der Waals surface area contributed by atoms with Gasteiger partial charge in [-0.1, -0.05) is 48.0 Å². The molecule has 0 bridgehead atoms. The first-order chi connectivity index (χ1) is 24.7. The van der Waals surface area contributed by atoms with Crippen LogP contribution < -0.4 is 19.7 Å². The minimum atomic E-state index is -0.990. The normalized spacial score (nSPS) is 19.6. The van der Waals surface area contributed by atoms with Crippen LogP contribution in [0.1, 0.15) is 31.7 Å². The predicted molar refractivity (Wildman–Crippen MR) is 206 cm³/mol. The van der Waals surface area contributed by atoms with E-state index in [2.05, 4.69) is 27.9 Å². The summed E-state index contributed by atoms with van der Waals surface area (Å²) in [5.74, 6) is -1.89. The molecule has 10 heteroatoms. The number of carbonyl (C=O) groups excluding carboxylic acids is 2. The number of methoxy groups -OCH3 is 1. The number of phenolic OH excluding ortho intramolecular Hbond substituents is 1. The largest absolute Gasteiger partial charge is 0.504 e. The van der Waals surface area contributed by atoms with Crippen LogP contribution in [0, 0.1) is 21.3 Å². The maximum atomic E-state index is 14.1. The summed E-state index contributed by atoms with van der Waals surface area (Å²) in [7, 11) is 1.50. The van der Waals surface area contributed by atoms with Gasteiger partial charge in [-0.25, -0.2) is 0 Å². The van der Waals surface area contributed by atoms with Crippen molar-refractivity contribution in [2.45, 2.75) is 32.3 Å². The Morgan fingerprint density at radius 1 is 0.980 bits per heavy atom. The summed E-state index contributed by atoms with van der Waals surface area (Å²) in [5, 5.41) is 36.2. The number of para-hydroxylation sites is 2. The minimum Gasteiger partial charge on any atom is -0.504 e. The van der Waals surface area contributed by atoms with Gasteiger partial charge >= 0.3 is 0 Å². The molecule has 264 valence electrons. The second kappa shape index (κ2) is 16.1. The molecule has 1 aliphatic carbocycles. The Kier molecular flexibility index (Phi) is 11.4. The SMILES string of the molecule is COc1cc(/C=C(\C)CC[C@@H](O)C2=C(COc3ccccc3)C[C@H]3C(=O)N(c4ccc(Nc5ccccc5)cc4)C(=O)[C@H]3[C@H]2CO)cc(I)c1O. The first kappa shape index (κ1) is 36.2. The number of nitrogens with zero attached hydrogens (tertiary/aromatic N) is 1. The van der Waals surface area contributed by atoms with Crippen LogP contribution in [0.4, 0.5) is 17.1 Å². The van der Waals surface area contributed by atoms with Gasteiger partial charge in [-0.2, -0.15) is 0 Å². The molecule has 0 aromatic heterocycles. The van der Waals surface area contributed by atoms with E-state index < -0.39 is 30.5 Å². The second-order valence-corrected chi connectivity index (χ2v) is 14.1. The summed E-state index contributed by atoms with van der Waals surface area (Å²) < 4.78 is 12.1. The molecule has 2 aliphatic rings. The molecule has 9 nitrogen and oxygen atoms in total. The van der Waals surface area contributed by atoms with Crippen molar-refractivity contribution in [1.29, 1.82) is 0 Å². The highest BCUT2D eigenvalue weighted by Crippen LogP contribution is 2.47. The van der Waals surface area contributed by atoms with E-state index in [1.807, 2.05) is 91.9 Å². The zero-order valence-corrected chi connectivity index (χ0v) is 30.6. The molecule has 4 aromatic carbocycles. The van der Waals surface area contributed by atoms with Gasteiger partial charge in [0.15, 0.2) is 11.5 Å². The Labute approximate surface area is 311 Å². The number of fused-ring (bicyclic) bond motifs is 1. The van der Waals surface area contributed by atoms with Crippen molar-refractivity contribution >= 4 is 57.5 Å². The monoisotopic (exact) mass is 800 g/mol. The quantitative estimate of drug-likeness (QED) is 0.0623. The van der Waals surface area contributed by atoms with Gasteiger partial charge < -0.3 is 30.1 Å². The molecule has 4 aromatic rings. The van der Waals surface area contributed by atoms with E-state index in [0.29, 0.717) is 39.2 Å². The highest BCUT2D eigenvalue weighted by atomic mass is 127. The van der Waals surface area contributed by atoms with Crippen molar-refractivity contribution in [1.82, 2.24) is 0 Å². The van der Waals surface area contributed by atoms with Crippen LogP contribution in [0.15, 0.2) is 114 Å². The molecular weight excluding hydrogens is 759 g/mol. The van der Waals surface area contributed by atoms with E-state index in [1.54, 1.807) is 18.2 Å². The fraction of sp³-hybridized carbons (Fsp3) is 0.268. The summed E-state index contributed by atoms with van der Waals surface area (Å²) in [6, 6.07) is 29.7. The van der Waals surface area contributed by atoms with E-state index in [1.165, 1.54) is 12.0 Å². The first-order valence-corrected chi connectivity index (χ1v) is 18.0. The van der Waals surface area contributed by atoms with Crippen molar-refractivity contribution in [3.8, 4) is 17.2 Å². The Hall–Kier alpha value is -4.65. The molecule has 2 amide bonds. The number of hydrogen-bond acceptors (Lipinski definition) is 8. The number of phenols is 1. The van der Waals surface area contributed by atoms with Gasteiger partial charge in [0.2, 0.25) is 11.8 Å². The van der Waals surface area contributed by atoms with Gasteiger partial charge in [0.1, 0.15) is 12.4 Å². The maximum absolute atomic E-state index is 14.1. The van der Waals surface area contributed by atoms with E-state index in [9.17, 15) is 24.9 Å². The number of amides is 2. The number of nitrogens with one attached hydrogen (secondary N) is 1. The Balaban J connectivity index is 1.25. The van der Waals surface area contributed by atoms with Gasteiger partial charge in [-0.05, 0) is 126 Å². The molecule has 4 N–H and O–H groups in total. The van der Waals surface area contributed by atoms with E-state index in [4.69, 9.17) is 9.47 Å². The summed E-state index contributed by atoms with van der Waals surface area (Å²) in [6.07, 6.45) is 2.06. The van der Waals surface area contributed by atoms with Gasteiger partial charge in [0, 0.05) is 17.3 Å². The molecule has 0 unspecified atom stereocenters. The molecule has 1 aliphatic heterocycles. The third kappa shape index (κ3) is 7.98. The molecule has 6 rings (SSSR count). The number of aliphatic hydroxyl groups is 2. The molecule has 1 heterocycles. The van der Waals surface area contributed by atoms with E-state index >= 15 is 0 Å². The Morgan fingerprint density at radius 2 is 1.65 bits per heavy atom. The topological polar surface area (TPSA) is 129 Å². The fourth-order valence-electron chi connectivity index (χ4n) is 7.12. The minimum absolute atomic E-state index is 0.0850. The highest BCUT2D eigenvalue weighted by molar-refractivity contribution is 14.1. The van der Waals surface area contributed by atoms with Gasteiger partial charge in [0.05, 0.1) is 40.9 Å². The van der Waals surface area contributed by atoms with Crippen LogP contribution in [0.5, 0.6) is 17.2 Å². The average Bonchev–Trinajstić information content (AvgIpc) is 3.39. The summed E-state index contributed by atoms with van der Waals surface area (Å²) in [5.41, 5.74) is 5.30. The number of carbonyl (C=O) groups is 2. The number of allylic oxidation sites excluding steroid dienone is 1. The maximum Gasteiger partial charge on any atom is 0.238 e. The molecule has 1 fully saturated rings. The lowest BCUT2D eigenvalue weighted by Crippen LogP contribution is -2.40. The smallest absolute Gasteiger partial charge is 0.238 e. The van der Waals surface area contributed by atoms with Crippen LogP contribution in [0.25, 0.3) is 6.08 Å². The standard InChI is InChI=1S/C41H41IN2O7/c1-25(19-26-20-34(42)39(47)36(21-26)50-2)13-18-35(46)37-27(24-51-31-11-7-4-8-12-31)22-32-38(33(37)23-45)41(49)44(40(32)48)30-16-14-29(15-17-30)43-28-9-5-3-6-10-28/h3-12,14-17,19-21,32-33,35,38,43,45-47H,13,18,22-24H2,1-2H3/b25-19+/t32-,33+,35-,38-/m1/s1. The number of aromatic hydroxyl groups is 1. The van der Waals surface area contributed by atoms with Crippen LogP contribution >= 0.6 is 22.6 Å². The number of hydrogen-bond donors (Lipinski definition) is 4. The Morgan fingerprint density at radius 3 is 2.31 bits per heavy atom. The summed E-state index contributed by atoms with van der Waals surface area (Å²) >= 11 is 2.05. The molecular formula is C41H41IN2O7. The second-order valence-electron chi connectivity index (χ2n) is 12.9. The molecule has 0 saturated carbocycles. The highest BCUT2D eigenvalue weighted by Gasteiger charge is 2.55. The number of aliphatic hydroxyl groups excluding tert-OH is 2. The van der Waals surface area contributed by atoms with Gasteiger partial charge in [0.25, 0.3) is 0 Å². The number of anilines is 3. The van der Waals surface area contributed by atoms with Crippen LogP contribution in [-0.2, 0) is 9.59 Å². The number of ether oxygens (including phenoxy) is 2. The molecule has 0 spiro atoms. The van der Waals surface area contributed by atoms with E-state index in [0.717, 1.165) is 28.1 Å². The number of imide groups is 1. The summed E-state index contributed by atoms with van der Waals surface area (Å²) in [6.45, 7) is 1.67. The third-order valence-corrected chi connectivity index (χ3v) is 10.4. The predicted octanol–water partition coefficient (Wildman–Crippen LogP) is 7.49. The summed E-state index contributed by atoms with van der Waals surface area (Å²) in [4.78, 5) is 29.4. The lowest BCUT2D eigenvalue weighted by molar-refractivity contribution is -0.123. The van der Waals surface area contributed by atoms with Crippen molar-refractivity contribution in [2.75, 3.05) is 30.5 Å². The molecule has 0 radical (unpaired) electrons. The number of benzene rings is 4. The van der Waals surface area contributed by atoms with Crippen LogP contribution in [0.3, 0.4) is 0 Å². The Bertz CT molecular complexity index is 1930.